The van der Waals surface area contributed by atoms with Gasteiger partial charge in [-0.3, -0.25) is 0 Å². The van der Waals surface area contributed by atoms with Crippen LogP contribution < -0.4 is 0 Å². The minimum absolute atomic E-state index is 0.536. The van der Waals surface area contributed by atoms with Crippen molar-refractivity contribution in [3.05, 3.63) is 47.8 Å². The van der Waals surface area contributed by atoms with Gasteiger partial charge in [0, 0.05) is 31.7 Å². The first-order valence-electron chi connectivity index (χ1n) is 8.57. The Morgan fingerprint density at radius 1 is 0.955 bits per heavy atom. The summed E-state index contributed by atoms with van der Waals surface area (Å²) in [6.45, 7) is 2.45. The Kier molecular flexibility index (Phi) is 3.94. The molecule has 2 fully saturated rings. The van der Waals surface area contributed by atoms with Crippen LogP contribution in [0.1, 0.15) is 49.4 Å². The molecule has 4 nitrogen and oxygen atoms in total. The van der Waals surface area contributed by atoms with Gasteiger partial charge in [0.15, 0.2) is 0 Å². The van der Waals surface area contributed by atoms with Gasteiger partial charge in [0.1, 0.15) is 0 Å². The highest BCUT2D eigenvalue weighted by Gasteiger charge is 2.29. The number of hydrogen-bond acceptors (Lipinski definition) is 3. The van der Waals surface area contributed by atoms with Gasteiger partial charge < -0.3 is 4.90 Å². The topological polar surface area (TPSA) is 34.0 Å². The Morgan fingerprint density at radius 3 is 2.41 bits per heavy atom. The minimum atomic E-state index is 0.536. The minimum Gasteiger partial charge on any atom is -0.300 e. The standard InChI is InChI=1S/C18H24N4/c1-2-5-15(6-3-1)13-16-14-22(20-19-16)18-9-11-21(12-10-18)17-7-4-8-17/h1-3,5-6,14,17-18H,4,7-13H2. The number of likely N-dealkylation sites (tertiary alicyclic amines) is 1. The number of hydrogen-bond donors (Lipinski definition) is 0. The summed E-state index contributed by atoms with van der Waals surface area (Å²) in [4.78, 5) is 2.68. The lowest BCUT2D eigenvalue weighted by molar-refractivity contribution is 0.0838. The molecule has 0 N–H and O–H groups in total. The zero-order valence-electron chi connectivity index (χ0n) is 13.1. The second kappa shape index (κ2) is 6.21. The molecule has 0 radical (unpaired) electrons. The second-order valence-electron chi connectivity index (χ2n) is 6.70. The summed E-state index contributed by atoms with van der Waals surface area (Å²) in [5.41, 5.74) is 2.38. The average Bonchev–Trinajstić information content (AvgIpc) is 2.96. The van der Waals surface area contributed by atoms with Crippen LogP contribution in [-0.4, -0.2) is 39.0 Å². The van der Waals surface area contributed by atoms with Crippen molar-refractivity contribution in [3.8, 4) is 0 Å². The van der Waals surface area contributed by atoms with Gasteiger partial charge in [0.2, 0.25) is 0 Å². The highest BCUT2D eigenvalue weighted by molar-refractivity contribution is 5.19. The molecule has 1 aliphatic carbocycles. The fourth-order valence-electron chi connectivity index (χ4n) is 3.65. The van der Waals surface area contributed by atoms with E-state index in [0.717, 1.165) is 18.2 Å². The first kappa shape index (κ1) is 13.9. The van der Waals surface area contributed by atoms with E-state index in [1.54, 1.807) is 0 Å². The van der Waals surface area contributed by atoms with Crippen LogP contribution in [0.4, 0.5) is 0 Å². The number of aromatic nitrogens is 3. The Bertz CT molecular complexity index is 595. The SMILES string of the molecule is c1ccc(Cc2cn(C3CCN(C4CCC4)CC3)nn2)cc1. The maximum atomic E-state index is 4.39. The molecular weight excluding hydrogens is 272 g/mol. The quantitative estimate of drug-likeness (QED) is 0.869. The fraction of sp³-hybridized carbons (Fsp3) is 0.556. The molecule has 1 saturated carbocycles. The molecule has 4 rings (SSSR count). The van der Waals surface area contributed by atoms with E-state index in [1.165, 1.54) is 50.8 Å². The van der Waals surface area contributed by atoms with Gasteiger partial charge in [-0.15, -0.1) is 5.10 Å². The molecule has 1 aromatic heterocycles. The monoisotopic (exact) mass is 296 g/mol. The number of benzene rings is 1. The van der Waals surface area contributed by atoms with Crippen LogP contribution in [0.5, 0.6) is 0 Å². The Morgan fingerprint density at radius 2 is 1.73 bits per heavy atom. The Labute approximate surface area is 132 Å². The summed E-state index contributed by atoms with van der Waals surface area (Å²) in [5, 5.41) is 8.76. The Balaban J connectivity index is 1.35. The largest absolute Gasteiger partial charge is 0.300 e. The van der Waals surface area contributed by atoms with E-state index in [1.807, 2.05) is 0 Å². The summed E-state index contributed by atoms with van der Waals surface area (Å²) in [6.07, 6.45) is 9.70. The maximum Gasteiger partial charge on any atom is 0.0870 e. The van der Waals surface area contributed by atoms with Crippen LogP contribution >= 0.6 is 0 Å². The molecule has 4 heteroatoms. The van der Waals surface area contributed by atoms with Gasteiger partial charge in [0.25, 0.3) is 0 Å². The molecule has 2 aliphatic rings. The molecule has 2 aromatic rings. The molecule has 1 aliphatic heterocycles. The van der Waals surface area contributed by atoms with Crippen LogP contribution in [0.25, 0.3) is 0 Å². The predicted octanol–water partition coefficient (Wildman–Crippen LogP) is 3.06. The molecule has 0 unspecified atom stereocenters. The maximum absolute atomic E-state index is 4.39. The van der Waals surface area contributed by atoms with Gasteiger partial charge in [-0.05, 0) is 31.2 Å². The van der Waals surface area contributed by atoms with Crippen molar-refractivity contribution < 1.29 is 0 Å². The average molecular weight is 296 g/mol. The summed E-state index contributed by atoms with van der Waals surface area (Å²) >= 11 is 0. The van der Waals surface area contributed by atoms with Crippen LogP contribution in [0, 0.1) is 0 Å². The highest BCUT2D eigenvalue weighted by atomic mass is 15.4. The van der Waals surface area contributed by atoms with Gasteiger partial charge >= 0.3 is 0 Å². The smallest absolute Gasteiger partial charge is 0.0870 e. The third-order valence-electron chi connectivity index (χ3n) is 5.25. The Hall–Kier alpha value is -1.68. The van der Waals surface area contributed by atoms with Crippen molar-refractivity contribution in [3.63, 3.8) is 0 Å². The van der Waals surface area contributed by atoms with E-state index >= 15 is 0 Å². The summed E-state index contributed by atoms with van der Waals surface area (Å²) in [7, 11) is 0. The lowest BCUT2D eigenvalue weighted by Gasteiger charge is -2.41. The molecular formula is C18H24N4. The van der Waals surface area contributed by atoms with Crippen molar-refractivity contribution in [1.82, 2.24) is 19.9 Å². The van der Waals surface area contributed by atoms with Crippen LogP contribution in [-0.2, 0) is 6.42 Å². The number of piperidine rings is 1. The van der Waals surface area contributed by atoms with E-state index in [4.69, 9.17) is 0 Å². The van der Waals surface area contributed by atoms with E-state index in [2.05, 4.69) is 56.4 Å². The lowest BCUT2D eigenvalue weighted by atomic mass is 9.89. The van der Waals surface area contributed by atoms with Crippen molar-refractivity contribution in [2.45, 2.75) is 50.6 Å². The number of rotatable bonds is 4. The van der Waals surface area contributed by atoms with Gasteiger partial charge in [0.05, 0.1) is 11.7 Å². The van der Waals surface area contributed by atoms with Crippen molar-refractivity contribution in [2.75, 3.05) is 13.1 Å². The number of nitrogens with zero attached hydrogens (tertiary/aromatic N) is 4. The van der Waals surface area contributed by atoms with Gasteiger partial charge in [-0.2, -0.15) is 0 Å². The zero-order chi connectivity index (χ0) is 14.8. The summed E-state index contributed by atoms with van der Waals surface area (Å²) in [5.74, 6) is 0. The van der Waals surface area contributed by atoms with Gasteiger partial charge in [-0.25, -0.2) is 4.68 Å². The summed E-state index contributed by atoms with van der Waals surface area (Å²) < 4.78 is 2.11. The van der Waals surface area contributed by atoms with Gasteiger partial charge in [-0.1, -0.05) is 42.0 Å². The van der Waals surface area contributed by atoms with E-state index in [0.29, 0.717) is 6.04 Å². The molecule has 1 saturated heterocycles. The third-order valence-corrected chi connectivity index (χ3v) is 5.25. The van der Waals surface area contributed by atoms with Crippen molar-refractivity contribution in [1.29, 1.82) is 0 Å². The second-order valence-corrected chi connectivity index (χ2v) is 6.70. The first-order chi connectivity index (χ1) is 10.9. The molecule has 1 aromatic carbocycles. The van der Waals surface area contributed by atoms with Crippen LogP contribution in [0.3, 0.4) is 0 Å². The predicted molar refractivity (Wildman–Crippen MR) is 86.8 cm³/mol. The van der Waals surface area contributed by atoms with E-state index in [9.17, 15) is 0 Å². The van der Waals surface area contributed by atoms with E-state index in [-0.39, 0.29) is 0 Å². The van der Waals surface area contributed by atoms with E-state index < -0.39 is 0 Å². The molecule has 116 valence electrons. The molecule has 0 amide bonds. The fourth-order valence-corrected chi connectivity index (χ4v) is 3.65. The normalized spacial score (nSPS) is 20.9. The van der Waals surface area contributed by atoms with Crippen LogP contribution in [0.2, 0.25) is 0 Å². The first-order valence-corrected chi connectivity index (χ1v) is 8.57. The molecule has 0 spiro atoms. The van der Waals surface area contributed by atoms with Crippen molar-refractivity contribution >= 4 is 0 Å². The van der Waals surface area contributed by atoms with Crippen LogP contribution in [0.15, 0.2) is 36.5 Å². The summed E-state index contributed by atoms with van der Waals surface area (Å²) in [6, 6.07) is 11.9. The third kappa shape index (κ3) is 2.93. The zero-order valence-corrected chi connectivity index (χ0v) is 13.1. The molecule has 0 bridgehead atoms. The lowest BCUT2D eigenvalue weighted by Crippen LogP contribution is -2.45. The molecule has 0 atom stereocenters. The highest BCUT2D eigenvalue weighted by Crippen LogP contribution is 2.30. The van der Waals surface area contributed by atoms with Crippen molar-refractivity contribution in [2.24, 2.45) is 0 Å². The molecule has 2 heterocycles. The molecule has 22 heavy (non-hydrogen) atoms.